The molecule has 20 heavy (non-hydrogen) atoms. The SMILES string of the molecule is Oc1c(Br)cc2c(c1O)Oc1cncc3c1C2CNC3. The van der Waals surface area contributed by atoms with Crippen molar-refractivity contribution in [1.29, 1.82) is 0 Å². The molecule has 2 aromatic rings. The molecule has 3 heterocycles. The van der Waals surface area contributed by atoms with E-state index in [1.54, 1.807) is 12.3 Å². The smallest absolute Gasteiger partial charge is 0.202 e. The van der Waals surface area contributed by atoms with E-state index in [-0.39, 0.29) is 17.4 Å². The van der Waals surface area contributed by atoms with E-state index >= 15 is 0 Å². The molecule has 0 aliphatic carbocycles. The number of halogens is 1. The molecule has 3 N–H and O–H groups in total. The number of pyridine rings is 1. The van der Waals surface area contributed by atoms with Crippen LogP contribution in [0.25, 0.3) is 0 Å². The normalized spacial score (nSPS) is 18.9. The molecule has 2 aliphatic rings. The van der Waals surface area contributed by atoms with E-state index in [9.17, 15) is 10.2 Å². The van der Waals surface area contributed by atoms with Gasteiger partial charge in [0.1, 0.15) is 5.75 Å². The molecule has 0 amide bonds. The van der Waals surface area contributed by atoms with Crippen LogP contribution >= 0.6 is 15.9 Å². The molecule has 0 saturated heterocycles. The fourth-order valence-corrected chi connectivity index (χ4v) is 3.37. The third kappa shape index (κ3) is 1.49. The Balaban J connectivity index is 2.01. The average Bonchev–Trinajstić information content (AvgIpc) is 2.47. The highest BCUT2D eigenvalue weighted by atomic mass is 79.9. The minimum absolute atomic E-state index is 0.0864. The van der Waals surface area contributed by atoms with Gasteiger partial charge >= 0.3 is 0 Å². The second-order valence-corrected chi connectivity index (χ2v) is 5.82. The van der Waals surface area contributed by atoms with Crippen LogP contribution < -0.4 is 10.1 Å². The number of phenolic OH excluding ortho intramolecular Hbond substituents is 2. The van der Waals surface area contributed by atoms with Crippen molar-refractivity contribution in [3.05, 3.63) is 39.6 Å². The molecule has 1 atom stereocenters. The van der Waals surface area contributed by atoms with Crippen LogP contribution in [0.1, 0.15) is 22.6 Å². The van der Waals surface area contributed by atoms with E-state index in [2.05, 4.69) is 26.2 Å². The zero-order chi connectivity index (χ0) is 13.9. The number of hydrogen-bond donors (Lipinski definition) is 3. The highest BCUT2D eigenvalue weighted by Gasteiger charge is 2.35. The first kappa shape index (κ1) is 12.0. The summed E-state index contributed by atoms with van der Waals surface area (Å²) in [4.78, 5) is 4.16. The summed E-state index contributed by atoms with van der Waals surface area (Å²) >= 11 is 3.26. The lowest BCUT2D eigenvalue weighted by molar-refractivity contribution is 0.355. The number of ether oxygens (including phenoxy) is 1. The molecule has 0 fully saturated rings. The van der Waals surface area contributed by atoms with Gasteiger partial charge < -0.3 is 20.3 Å². The number of rotatable bonds is 0. The van der Waals surface area contributed by atoms with Gasteiger partial charge in [-0.1, -0.05) is 0 Å². The summed E-state index contributed by atoms with van der Waals surface area (Å²) in [5.74, 6) is 0.601. The van der Waals surface area contributed by atoms with Gasteiger partial charge in [0.15, 0.2) is 11.5 Å². The second kappa shape index (κ2) is 4.10. The Kier molecular flexibility index (Phi) is 2.46. The van der Waals surface area contributed by atoms with Crippen LogP contribution in [0.3, 0.4) is 0 Å². The number of nitrogens with one attached hydrogen (secondary N) is 1. The Hall–Kier alpha value is -1.79. The van der Waals surface area contributed by atoms with Crippen molar-refractivity contribution in [1.82, 2.24) is 10.3 Å². The van der Waals surface area contributed by atoms with Gasteiger partial charge in [-0.3, -0.25) is 4.98 Å². The maximum absolute atomic E-state index is 10.1. The van der Waals surface area contributed by atoms with Gasteiger partial charge in [0.25, 0.3) is 0 Å². The predicted molar refractivity (Wildman–Crippen MR) is 75.3 cm³/mol. The number of phenols is 2. The molecular formula is C14H11BrN2O3. The number of hydrogen-bond acceptors (Lipinski definition) is 5. The fourth-order valence-electron chi connectivity index (χ4n) is 2.93. The van der Waals surface area contributed by atoms with E-state index in [1.165, 1.54) is 0 Å². The van der Waals surface area contributed by atoms with Gasteiger partial charge in [0.05, 0.1) is 10.7 Å². The topological polar surface area (TPSA) is 74.6 Å². The molecule has 0 saturated carbocycles. The maximum atomic E-state index is 10.1. The first-order valence-corrected chi connectivity index (χ1v) is 7.05. The van der Waals surface area contributed by atoms with E-state index in [0.29, 0.717) is 16.0 Å². The highest BCUT2D eigenvalue weighted by Crippen LogP contribution is 2.53. The Labute approximate surface area is 123 Å². The quantitative estimate of drug-likeness (QED) is 0.646. The van der Waals surface area contributed by atoms with E-state index in [1.807, 2.05) is 6.20 Å². The van der Waals surface area contributed by atoms with E-state index in [4.69, 9.17) is 4.74 Å². The first-order valence-electron chi connectivity index (χ1n) is 6.26. The second-order valence-electron chi connectivity index (χ2n) is 4.97. The molecule has 4 rings (SSSR count). The van der Waals surface area contributed by atoms with Crippen molar-refractivity contribution in [2.24, 2.45) is 0 Å². The Morgan fingerprint density at radius 1 is 1.30 bits per heavy atom. The molecule has 0 bridgehead atoms. The Morgan fingerprint density at radius 2 is 2.15 bits per heavy atom. The van der Waals surface area contributed by atoms with Crippen molar-refractivity contribution >= 4 is 15.9 Å². The van der Waals surface area contributed by atoms with Crippen molar-refractivity contribution in [2.45, 2.75) is 12.5 Å². The third-order valence-corrected chi connectivity index (χ3v) is 4.45. The molecule has 0 radical (unpaired) electrons. The maximum Gasteiger partial charge on any atom is 0.202 e. The number of aromatic hydroxyl groups is 2. The van der Waals surface area contributed by atoms with Crippen molar-refractivity contribution < 1.29 is 14.9 Å². The van der Waals surface area contributed by atoms with Crippen LogP contribution in [0, 0.1) is 0 Å². The summed E-state index contributed by atoms with van der Waals surface area (Å²) in [5, 5.41) is 23.3. The zero-order valence-corrected chi connectivity index (χ0v) is 11.9. The minimum Gasteiger partial charge on any atom is -0.503 e. The average molecular weight is 335 g/mol. The molecule has 6 heteroatoms. The van der Waals surface area contributed by atoms with Gasteiger partial charge in [-0.05, 0) is 27.6 Å². The summed E-state index contributed by atoms with van der Waals surface area (Å²) in [6.45, 7) is 1.52. The summed E-state index contributed by atoms with van der Waals surface area (Å²) < 4.78 is 6.23. The first-order chi connectivity index (χ1) is 9.66. The minimum atomic E-state index is -0.240. The molecule has 2 aliphatic heterocycles. The summed E-state index contributed by atoms with van der Waals surface area (Å²) in [6, 6.07) is 1.80. The van der Waals surface area contributed by atoms with Gasteiger partial charge in [0.2, 0.25) is 5.75 Å². The zero-order valence-electron chi connectivity index (χ0n) is 10.4. The van der Waals surface area contributed by atoms with Crippen LogP contribution in [0.15, 0.2) is 22.9 Å². The van der Waals surface area contributed by atoms with Crippen molar-refractivity contribution in [3.8, 4) is 23.0 Å². The van der Waals surface area contributed by atoms with Crippen molar-refractivity contribution in [2.75, 3.05) is 6.54 Å². The van der Waals surface area contributed by atoms with Crippen molar-refractivity contribution in [3.63, 3.8) is 0 Å². The number of fused-ring (bicyclic) bond motifs is 2. The number of nitrogens with zero attached hydrogens (tertiary/aromatic N) is 1. The predicted octanol–water partition coefficient (Wildman–Crippen LogP) is 2.60. The van der Waals surface area contributed by atoms with Gasteiger partial charge in [-0.2, -0.15) is 0 Å². The van der Waals surface area contributed by atoms with Gasteiger partial charge in [-0.15, -0.1) is 0 Å². The Morgan fingerprint density at radius 3 is 3.00 bits per heavy atom. The largest absolute Gasteiger partial charge is 0.503 e. The molecule has 0 spiro atoms. The molecule has 1 aromatic carbocycles. The van der Waals surface area contributed by atoms with Crippen LogP contribution in [-0.4, -0.2) is 21.7 Å². The molecule has 1 aromatic heterocycles. The summed E-state index contributed by atoms with van der Waals surface area (Å²) in [6.07, 6.45) is 3.49. The van der Waals surface area contributed by atoms with Crippen LogP contribution in [0.4, 0.5) is 0 Å². The lowest BCUT2D eigenvalue weighted by Gasteiger charge is -2.33. The van der Waals surface area contributed by atoms with Crippen LogP contribution in [0.2, 0.25) is 0 Å². The summed E-state index contributed by atoms with van der Waals surface area (Å²) in [5.41, 5.74) is 3.08. The standard InChI is InChI=1S/C14H11BrN2O3/c15-9-1-7-8-4-16-2-6-3-17-5-10(11(6)8)20-14(7)13(19)12(9)18/h1,3,5,8,16,18-19H,2,4H2. The lowest BCUT2D eigenvalue weighted by atomic mass is 9.83. The number of aromatic nitrogens is 1. The monoisotopic (exact) mass is 334 g/mol. The van der Waals surface area contributed by atoms with Crippen LogP contribution in [0.5, 0.6) is 23.0 Å². The van der Waals surface area contributed by atoms with E-state index in [0.717, 1.165) is 29.8 Å². The Bertz CT molecular complexity index is 733. The van der Waals surface area contributed by atoms with Gasteiger partial charge in [0, 0.05) is 36.3 Å². The van der Waals surface area contributed by atoms with Crippen LogP contribution in [-0.2, 0) is 6.54 Å². The fraction of sp³-hybridized carbons (Fsp3) is 0.214. The number of benzene rings is 1. The molecule has 102 valence electrons. The molecule has 5 nitrogen and oxygen atoms in total. The molecule has 1 unspecified atom stereocenters. The van der Waals surface area contributed by atoms with E-state index < -0.39 is 0 Å². The highest BCUT2D eigenvalue weighted by molar-refractivity contribution is 9.10. The van der Waals surface area contributed by atoms with Gasteiger partial charge in [-0.25, -0.2) is 0 Å². The summed E-state index contributed by atoms with van der Waals surface area (Å²) in [7, 11) is 0. The molecular weight excluding hydrogens is 324 g/mol. The third-order valence-electron chi connectivity index (χ3n) is 3.84. The lowest BCUT2D eigenvalue weighted by Crippen LogP contribution is -2.31.